The third-order valence-corrected chi connectivity index (χ3v) is 3.16. The molecule has 94 valence electrons. The van der Waals surface area contributed by atoms with E-state index in [2.05, 4.69) is 22.4 Å². The molecule has 0 atom stereocenters. The summed E-state index contributed by atoms with van der Waals surface area (Å²) in [6, 6.07) is 6.20. The average Bonchev–Trinajstić information content (AvgIpc) is 2.98. The Kier molecular flexibility index (Phi) is 3.02. The standard InChI is InChI=1S/C14H16N2O2/c1-15-8-12-9-17-14(16-12)18-13-6-5-10-3-2-4-11(10)7-13/h5-7,9,15H,2-4,8H2,1H3. The third kappa shape index (κ3) is 2.24. The number of nitrogens with one attached hydrogen (secondary N) is 1. The summed E-state index contributed by atoms with van der Waals surface area (Å²) in [6.07, 6.45) is 5.48. The average molecular weight is 244 g/mol. The van der Waals surface area contributed by atoms with Crippen LogP contribution in [0.3, 0.4) is 0 Å². The summed E-state index contributed by atoms with van der Waals surface area (Å²) in [5, 5.41) is 3.02. The normalized spacial score (nSPS) is 13.6. The summed E-state index contributed by atoms with van der Waals surface area (Å²) < 4.78 is 10.9. The zero-order chi connectivity index (χ0) is 12.4. The number of rotatable bonds is 4. The second-order valence-electron chi connectivity index (χ2n) is 4.52. The molecule has 1 heterocycles. The second kappa shape index (κ2) is 4.82. The summed E-state index contributed by atoms with van der Waals surface area (Å²) >= 11 is 0. The highest BCUT2D eigenvalue weighted by Crippen LogP contribution is 2.28. The van der Waals surface area contributed by atoms with Crippen LogP contribution in [0.4, 0.5) is 0 Å². The molecule has 1 aliphatic rings. The number of hydrogen-bond acceptors (Lipinski definition) is 4. The number of aromatic nitrogens is 1. The van der Waals surface area contributed by atoms with Crippen molar-refractivity contribution in [2.24, 2.45) is 0 Å². The molecular formula is C14H16N2O2. The third-order valence-electron chi connectivity index (χ3n) is 3.16. The van der Waals surface area contributed by atoms with Crippen LogP contribution in [0, 0.1) is 0 Å². The summed E-state index contributed by atoms with van der Waals surface area (Å²) in [5.74, 6) is 0.800. The predicted octanol–water partition coefficient (Wildman–Crippen LogP) is 2.68. The van der Waals surface area contributed by atoms with E-state index in [0.29, 0.717) is 12.6 Å². The maximum absolute atomic E-state index is 5.63. The molecule has 3 rings (SSSR count). The maximum Gasteiger partial charge on any atom is 0.399 e. The minimum absolute atomic E-state index is 0.304. The van der Waals surface area contributed by atoms with Gasteiger partial charge in [-0.15, -0.1) is 0 Å². The van der Waals surface area contributed by atoms with Crippen molar-refractivity contribution in [3.8, 4) is 11.8 Å². The zero-order valence-electron chi connectivity index (χ0n) is 10.4. The molecule has 0 radical (unpaired) electrons. The number of benzene rings is 1. The lowest BCUT2D eigenvalue weighted by Gasteiger charge is -2.03. The molecular weight excluding hydrogens is 228 g/mol. The van der Waals surface area contributed by atoms with Crippen LogP contribution in [0.1, 0.15) is 23.2 Å². The smallest absolute Gasteiger partial charge is 0.399 e. The Morgan fingerprint density at radius 3 is 3.11 bits per heavy atom. The fourth-order valence-corrected chi connectivity index (χ4v) is 2.31. The molecule has 1 aliphatic carbocycles. The summed E-state index contributed by atoms with van der Waals surface area (Å²) in [7, 11) is 1.87. The van der Waals surface area contributed by atoms with Gasteiger partial charge in [-0.3, -0.25) is 0 Å². The van der Waals surface area contributed by atoms with Gasteiger partial charge in [-0.2, -0.15) is 4.98 Å². The Morgan fingerprint density at radius 1 is 1.33 bits per heavy atom. The Labute approximate surface area is 106 Å². The van der Waals surface area contributed by atoms with Crippen molar-refractivity contribution in [3.05, 3.63) is 41.3 Å². The molecule has 2 aromatic rings. The lowest BCUT2D eigenvalue weighted by atomic mass is 10.1. The summed E-state index contributed by atoms with van der Waals surface area (Å²) in [4.78, 5) is 4.24. The van der Waals surface area contributed by atoms with Crippen molar-refractivity contribution in [3.63, 3.8) is 0 Å². The number of fused-ring (bicyclic) bond motifs is 1. The first-order valence-electron chi connectivity index (χ1n) is 6.24. The molecule has 1 N–H and O–H groups in total. The molecule has 0 aliphatic heterocycles. The van der Waals surface area contributed by atoms with Gasteiger partial charge >= 0.3 is 6.08 Å². The highest BCUT2D eigenvalue weighted by Gasteiger charge is 2.12. The highest BCUT2D eigenvalue weighted by molar-refractivity contribution is 5.39. The minimum atomic E-state index is 0.304. The van der Waals surface area contributed by atoms with Gasteiger partial charge in [0, 0.05) is 6.54 Å². The second-order valence-corrected chi connectivity index (χ2v) is 4.52. The van der Waals surface area contributed by atoms with Gasteiger partial charge in [-0.25, -0.2) is 0 Å². The van der Waals surface area contributed by atoms with Crippen LogP contribution in [0.25, 0.3) is 0 Å². The van der Waals surface area contributed by atoms with E-state index < -0.39 is 0 Å². The molecule has 4 nitrogen and oxygen atoms in total. The van der Waals surface area contributed by atoms with Crippen molar-refractivity contribution in [2.75, 3.05) is 7.05 Å². The monoisotopic (exact) mass is 244 g/mol. The summed E-state index contributed by atoms with van der Waals surface area (Å²) in [5.41, 5.74) is 3.66. The van der Waals surface area contributed by atoms with Gasteiger partial charge in [0.15, 0.2) is 0 Å². The molecule has 4 heteroatoms. The zero-order valence-corrected chi connectivity index (χ0v) is 10.4. The largest absolute Gasteiger partial charge is 0.417 e. The van der Waals surface area contributed by atoms with Gasteiger partial charge in [-0.1, -0.05) is 6.07 Å². The van der Waals surface area contributed by atoms with Crippen molar-refractivity contribution >= 4 is 0 Å². The Balaban J connectivity index is 1.75. The van der Waals surface area contributed by atoms with E-state index in [1.807, 2.05) is 13.1 Å². The molecule has 0 amide bonds. The predicted molar refractivity (Wildman–Crippen MR) is 67.8 cm³/mol. The van der Waals surface area contributed by atoms with Crippen LogP contribution < -0.4 is 10.1 Å². The minimum Gasteiger partial charge on any atom is -0.417 e. The topological polar surface area (TPSA) is 47.3 Å². The van der Waals surface area contributed by atoms with Crippen molar-refractivity contribution in [1.29, 1.82) is 0 Å². The molecule has 18 heavy (non-hydrogen) atoms. The Morgan fingerprint density at radius 2 is 2.22 bits per heavy atom. The van der Waals surface area contributed by atoms with Crippen molar-refractivity contribution in [2.45, 2.75) is 25.8 Å². The van der Waals surface area contributed by atoms with Gasteiger partial charge < -0.3 is 14.5 Å². The molecule has 0 unspecified atom stereocenters. The van der Waals surface area contributed by atoms with Gasteiger partial charge in [0.1, 0.15) is 12.0 Å². The van der Waals surface area contributed by atoms with Crippen molar-refractivity contribution < 1.29 is 9.15 Å². The molecule has 0 spiro atoms. The number of hydrogen-bond donors (Lipinski definition) is 1. The maximum atomic E-state index is 5.63. The van der Waals surface area contributed by atoms with E-state index >= 15 is 0 Å². The lowest BCUT2D eigenvalue weighted by molar-refractivity contribution is 0.330. The number of ether oxygens (including phenoxy) is 1. The fourth-order valence-electron chi connectivity index (χ4n) is 2.31. The van der Waals surface area contributed by atoms with Gasteiger partial charge in [0.25, 0.3) is 0 Å². The van der Waals surface area contributed by atoms with Crippen LogP contribution in [0.2, 0.25) is 0 Å². The Bertz CT molecular complexity index is 548. The quantitative estimate of drug-likeness (QED) is 0.898. The van der Waals surface area contributed by atoms with E-state index in [0.717, 1.165) is 17.9 Å². The van der Waals surface area contributed by atoms with E-state index in [1.54, 1.807) is 6.26 Å². The van der Waals surface area contributed by atoms with E-state index in [-0.39, 0.29) is 0 Å². The van der Waals surface area contributed by atoms with Crippen LogP contribution in [0.15, 0.2) is 28.9 Å². The summed E-state index contributed by atoms with van der Waals surface area (Å²) in [6.45, 7) is 0.678. The van der Waals surface area contributed by atoms with Gasteiger partial charge in [0.05, 0.1) is 5.69 Å². The Hall–Kier alpha value is -1.81. The molecule has 0 saturated carbocycles. The van der Waals surface area contributed by atoms with Crippen LogP contribution in [-0.4, -0.2) is 12.0 Å². The van der Waals surface area contributed by atoms with E-state index in [9.17, 15) is 0 Å². The number of nitrogens with zero attached hydrogens (tertiary/aromatic N) is 1. The number of oxazole rings is 1. The molecule has 0 fully saturated rings. The first kappa shape index (κ1) is 11.3. The molecule has 0 bridgehead atoms. The van der Waals surface area contributed by atoms with Gasteiger partial charge in [-0.05, 0) is 49.6 Å². The SMILES string of the molecule is CNCc1coc(Oc2ccc3c(c2)CCC3)n1. The molecule has 0 saturated heterocycles. The van der Waals surface area contributed by atoms with Crippen molar-refractivity contribution in [1.82, 2.24) is 10.3 Å². The van der Waals surface area contributed by atoms with E-state index in [1.165, 1.54) is 24.0 Å². The number of aryl methyl sites for hydroxylation is 2. The molecule has 1 aromatic carbocycles. The first-order chi connectivity index (χ1) is 8.85. The fraction of sp³-hybridized carbons (Fsp3) is 0.357. The van der Waals surface area contributed by atoms with Crippen LogP contribution in [0.5, 0.6) is 11.8 Å². The first-order valence-corrected chi connectivity index (χ1v) is 6.24. The van der Waals surface area contributed by atoms with Crippen LogP contribution in [-0.2, 0) is 19.4 Å². The molecule has 1 aromatic heterocycles. The highest BCUT2D eigenvalue weighted by atomic mass is 16.6. The van der Waals surface area contributed by atoms with Crippen LogP contribution >= 0.6 is 0 Å². The lowest BCUT2D eigenvalue weighted by Crippen LogP contribution is -2.04. The van der Waals surface area contributed by atoms with E-state index in [4.69, 9.17) is 9.15 Å². The van der Waals surface area contributed by atoms with Gasteiger partial charge in [0.2, 0.25) is 0 Å².